The van der Waals surface area contributed by atoms with Crippen molar-refractivity contribution in [1.29, 1.82) is 0 Å². The quantitative estimate of drug-likeness (QED) is 0.471. The molecule has 1 aliphatic rings. The van der Waals surface area contributed by atoms with Gasteiger partial charge in [0.1, 0.15) is 11.6 Å². The molecule has 0 bridgehead atoms. The van der Waals surface area contributed by atoms with E-state index in [1.165, 1.54) is 25.3 Å². The zero-order valence-corrected chi connectivity index (χ0v) is 19.7. The number of hydrogen-bond acceptors (Lipinski definition) is 6. The van der Waals surface area contributed by atoms with Gasteiger partial charge in [0, 0.05) is 24.2 Å². The molecule has 2 atom stereocenters. The van der Waals surface area contributed by atoms with Crippen molar-refractivity contribution in [3.05, 3.63) is 65.2 Å². The Bertz CT molecular complexity index is 1080. The lowest BCUT2D eigenvalue weighted by molar-refractivity contribution is -0.146. The summed E-state index contributed by atoms with van der Waals surface area (Å²) in [5.41, 5.74) is 1.66. The topological polar surface area (TPSA) is 76.9 Å². The Kier molecular flexibility index (Phi) is 9.63. The number of piperidine rings is 1. The van der Waals surface area contributed by atoms with Gasteiger partial charge in [0.25, 0.3) is 5.82 Å². The highest BCUT2D eigenvalue weighted by Gasteiger charge is 2.38. The lowest BCUT2D eigenvalue weighted by Crippen LogP contribution is -2.45. The normalized spacial score (nSPS) is 18.0. The number of halogens is 6. The first-order valence-electron chi connectivity index (χ1n) is 10.1. The number of tetrazole rings is 1. The molecule has 0 aliphatic carbocycles. The average Bonchev–Trinajstić information content (AvgIpc) is 3.28. The van der Waals surface area contributed by atoms with Crippen molar-refractivity contribution in [3.63, 3.8) is 0 Å². The van der Waals surface area contributed by atoms with Crippen LogP contribution in [0.2, 0.25) is 0 Å². The van der Waals surface area contributed by atoms with Gasteiger partial charge in [0.15, 0.2) is 0 Å². The molecule has 2 heterocycles. The Morgan fingerprint density at radius 1 is 1.18 bits per heavy atom. The van der Waals surface area contributed by atoms with Crippen LogP contribution in [0.25, 0.3) is 5.69 Å². The fourth-order valence-electron chi connectivity index (χ4n) is 3.97. The summed E-state index contributed by atoms with van der Waals surface area (Å²) >= 11 is 0. The van der Waals surface area contributed by atoms with Gasteiger partial charge in [-0.05, 0) is 65.7 Å². The van der Waals surface area contributed by atoms with Crippen LogP contribution in [0.5, 0.6) is 5.75 Å². The second kappa shape index (κ2) is 11.8. The zero-order chi connectivity index (χ0) is 22.7. The molecule has 2 N–H and O–H groups in total. The number of nitrogens with one attached hydrogen (secondary N) is 2. The Morgan fingerprint density at radius 3 is 2.68 bits per heavy atom. The Balaban J connectivity index is 0.00000204. The molecule has 0 saturated carbocycles. The maximum absolute atomic E-state index is 13.7. The van der Waals surface area contributed by atoms with Crippen molar-refractivity contribution in [1.82, 2.24) is 30.8 Å². The number of ether oxygens (including phenoxy) is 1. The average molecular weight is 523 g/mol. The molecular weight excluding hydrogens is 499 g/mol. The minimum atomic E-state index is -4.69. The van der Waals surface area contributed by atoms with Crippen LogP contribution in [0.3, 0.4) is 0 Å². The van der Waals surface area contributed by atoms with Crippen LogP contribution in [0.4, 0.5) is 17.6 Å². The van der Waals surface area contributed by atoms with E-state index < -0.39 is 12.0 Å². The van der Waals surface area contributed by atoms with Crippen LogP contribution in [0.15, 0.2) is 42.5 Å². The summed E-state index contributed by atoms with van der Waals surface area (Å²) in [6.07, 6.45) is -2.88. The largest absolute Gasteiger partial charge is 0.496 e. The van der Waals surface area contributed by atoms with Crippen LogP contribution < -0.4 is 15.4 Å². The smallest absolute Gasteiger partial charge is 0.453 e. The SMILES string of the molecule is COc1ccc(-n2nnnc2C(F)(F)F)cc1CN[C@@H]1CCCN[C@@H]1c1cccc(F)c1.Cl.Cl. The van der Waals surface area contributed by atoms with Crippen molar-refractivity contribution in [2.45, 2.75) is 37.6 Å². The third kappa shape index (κ3) is 6.15. The number of methoxy groups -OCH3 is 1. The second-order valence-corrected chi connectivity index (χ2v) is 7.52. The van der Waals surface area contributed by atoms with Gasteiger partial charge in [-0.15, -0.1) is 29.9 Å². The van der Waals surface area contributed by atoms with E-state index in [-0.39, 0.29) is 48.4 Å². The molecule has 13 heteroatoms. The van der Waals surface area contributed by atoms with E-state index in [1.807, 2.05) is 6.07 Å². The Hall–Kier alpha value is -2.47. The minimum absolute atomic E-state index is 0. The van der Waals surface area contributed by atoms with Crippen LogP contribution >= 0.6 is 24.8 Å². The van der Waals surface area contributed by atoms with Gasteiger partial charge < -0.3 is 15.4 Å². The summed E-state index contributed by atoms with van der Waals surface area (Å²) in [6.45, 7) is 1.15. The van der Waals surface area contributed by atoms with Crippen molar-refractivity contribution in [3.8, 4) is 11.4 Å². The molecule has 186 valence electrons. The summed E-state index contributed by atoms with van der Waals surface area (Å²) in [5.74, 6) is -0.983. The van der Waals surface area contributed by atoms with Gasteiger partial charge in [0.2, 0.25) is 0 Å². The van der Waals surface area contributed by atoms with Gasteiger partial charge in [-0.2, -0.15) is 17.9 Å². The van der Waals surface area contributed by atoms with Crippen molar-refractivity contribution in [2.75, 3.05) is 13.7 Å². The molecule has 1 aliphatic heterocycles. The van der Waals surface area contributed by atoms with Gasteiger partial charge in [-0.1, -0.05) is 12.1 Å². The van der Waals surface area contributed by atoms with E-state index in [9.17, 15) is 17.6 Å². The van der Waals surface area contributed by atoms with Crippen molar-refractivity contribution in [2.24, 2.45) is 0 Å². The fourth-order valence-corrected chi connectivity index (χ4v) is 3.97. The van der Waals surface area contributed by atoms with Gasteiger partial charge >= 0.3 is 6.18 Å². The van der Waals surface area contributed by atoms with Gasteiger partial charge in [0.05, 0.1) is 12.8 Å². The highest BCUT2D eigenvalue weighted by atomic mass is 35.5. The van der Waals surface area contributed by atoms with Crippen LogP contribution in [-0.2, 0) is 12.7 Å². The maximum Gasteiger partial charge on any atom is 0.453 e. The summed E-state index contributed by atoms with van der Waals surface area (Å²) in [6, 6.07) is 11.0. The summed E-state index contributed by atoms with van der Waals surface area (Å²) in [4.78, 5) is 0. The molecule has 0 spiro atoms. The number of nitrogens with zero attached hydrogens (tertiary/aromatic N) is 4. The highest BCUT2D eigenvalue weighted by Crippen LogP contribution is 2.30. The zero-order valence-electron chi connectivity index (χ0n) is 18.1. The van der Waals surface area contributed by atoms with Crippen molar-refractivity contribution >= 4 is 24.8 Å². The molecule has 1 fully saturated rings. The molecule has 3 aromatic rings. The van der Waals surface area contributed by atoms with Crippen molar-refractivity contribution < 1.29 is 22.3 Å². The first-order valence-corrected chi connectivity index (χ1v) is 10.1. The maximum atomic E-state index is 13.7. The summed E-state index contributed by atoms with van der Waals surface area (Å²) < 4.78 is 59.4. The number of aromatic nitrogens is 4. The first-order chi connectivity index (χ1) is 15.4. The summed E-state index contributed by atoms with van der Waals surface area (Å²) in [7, 11) is 1.49. The number of rotatable bonds is 6. The van der Waals surface area contributed by atoms with Crippen LogP contribution in [0, 0.1) is 5.82 Å². The van der Waals surface area contributed by atoms with Gasteiger partial charge in [-0.3, -0.25) is 0 Å². The Labute approximate surface area is 206 Å². The predicted molar refractivity (Wildman–Crippen MR) is 122 cm³/mol. The third-order valence-electron chi connectivity index (χ3n) is 5.45. The molecule has 1 saturated heterocycles. The molecule has 1 aromatic heterocycles. The monoisotopic (exact) mass is 522 g/mol. The number of alkyl halides is 3. The predicted octanol–water partition coefficient (Wildman–Crippen LogP) is 4.26. The summed E-state index contributed by atoms with van der Waals surface area (Å²) in [5, 5.41) is 16.6. The van der Waals surface area contributed by atoms with E-state index in [0.717, 1.165) is 24.9 Å². The van der Waals surface area contributed by atoms with E-state index in [0.29, 0.717) is 22.5 Å². The molecule has 2 aromatic carbocycles. The molecule has 4 rings (SSSR count). The number of benzene rings is 2. The Morgan fingerprint density at radius 2 is 1.97 bits per heavy atom. The van der Waals surface area contributed by atoms with E-state index >= 15 is 0 Å². The van der Waals surface area contributed by atoms with E-state index in [4.69, 9.17) is 4.74 Å². The first kappa shape index (κ1) is 27.8. The molecule has 0 unspecified atom stereocenters. The molecule has 0 radical (unpaired) electrons. The van der Waals surface area contributed by atoms with Crippen LogP contribution in [-0.4, -0.2) is 39.9 Å². The third-order valence-corrected chi connectivity index (χ3v) is 5.45. The minimum Gasteiger partial charge on any atom is -0.496 e. The molecule has 7 nitrogen and oxygen atoms in total. The lowest BCUT2D eigenvalue weighted by atomic mass is 9.92. The standard InChI is InChI=1S/C21H22F4N6O.2ClH/c1-32-18-8-7-16(31-20(21(23,24)25)28-29-30-31)11-14(18)12-27-17-6-3-9-26-19(17)13-4-2-5-15(22)10-13;;/h2,4-5,7-8,10-11,17,19,26-27H,3,6,9,12H2,1H3;2*1H/t17-,19-;;/m1../s1. The molecular formula is C21H24Cl2F4N6O. The molecule has 34 heavy (non-hydrogen) atoms. The highest BCUT2D eigenvalue weighted by molar-refractivity contribution is 5.85. The second-order valence-electron chi connectivity index (χ2n) is 7.52. The van der Waals surface area contributed by atoms with Crippen LogP contribution in [0.1, 0.15) is 35.8 Å². The lowest BCUT2D eigenvalue weighted by Gasteiger charge is -2.34. The van der Waals surface area contributed by atoms with E-state index in [2.05, 4.69) is 26.2 Å². The number of hydrogen-bond donors (Lipinski definition) is 2. The van der Waals surface area contributed by atoms with E-state index in [1.54, 1.807) is 18.2 Å². The molecule has 0 amide bonds. The van der Waals surface area contributed by atoms with Gasteiger partial charge in [-0.25, -0.2) is 4.39 Å². The fraction of sp³-hybridized carbons (Fsp3) is 0.381.